The maximum Gasteiger partial charge on any atom is 0.337 e. The number of nitrogens with one attached hydrogen (secondary N) is 2. The molecule has 1 aliphatic rings. The third-order valence-electron chi connectivity index (χ3n) is 4.99. The van der Waals surface area contributed by atoms with Crippen molar-refractivity contribution < 1.29 is 14.3 Å². The monoisotopic (exact) mass is 375 g/mol. The number of benzene rings is 2. The van der Waals surface area contributed by atoms with Crippen LogP contribution in [0, 0.1) is 0 Å². The third kappa shape index (κ3) is 3.49. The lowest BCUT2D eigenvalue weighted by atomic mass is 9.99. The van der Waals surface area contributed by atoms with Crippen LogP contribution in [0.5, 0.6) is 0 Å². The highest BCUT2D eigenvalue weighted by Gasteiger charge is 2.19. The SMILES string of the molecule is COC(=O)c1ccc(NC(=O)N2CC=C(c3c[nH]c4ccccc34)CC2)cc1. The molecule has 0 bridgehead atoms. The predicted octanol–water partition coefficient (Wildman–Crippen LogP) is 4.28. The molecule has 3 aromatic rings. The summed E-state index contributed by atoms with van der Waals surface area (Å²) in [6.07, 6.45) is 4.95. The lowest BCUT2D eigenvalue weighted by Gasteiger charge is -2.26. The molecule has 0 saturated heterocycles. The van der Waals surface area contributed by atoms with Crippen LogP contribution in [-0.4, -0.2) is 42.1 Å². The molecule has 0 aliphatic carbocycles. The number of aromatic nitrogens is 1. The van der Waals surface area contributed by atoms with Gasteiger partial charge in [-0.3, -0.25) is 0 Å². The van der Waals surface area contributed by atoms with Crippen LogP contribution in [0.1, 0.15) is 22.3 Å². The number of nitrogens with zero attached hydrogens (tertiary/aromatic N) is 1. The number of H-pyrrole nitrogens is 1. The number of esters is 1. The van der Waals surface area contributed by atoms with Gasteiger partial charge in [-0.25, -0.2) is 9.59 Å². The van der Waals surface area contributed by atoms with E-state index in [0.29, 0.717) is 24.3 Å². The fraction of sp³-hybridized carbons (Fsp3) is 0.182. The molecular weight excluding hydrogens is 354 g/mol. The minimum absolute atomic E-state index is 0.153. The summed E-state index contributed by atoms with van der Waals surface area (Å²) in [4.78, 5) is 29.1. The Morgan fingerprint density at radius 1 is 1.11 bits per heavy atom. The molecule has 0 saturated carbocycles. The van der Waals surface area contributed by atoms with Crippen molar-refractivity contribution in [2.45, 2.75) is 6.42 Å². The number of fused-ring (bicyclic) bond motifs is 1. The van der Waals surface area contributed by atoms with E-state index in [1.807, 2.05) is 18.3 Å². The van der Waals surface area contributed by atoms with E-state index < -0.39 is 5.97 Å². The van der Waals surface area contributed by atoms with E-state index in [1.165, 1.54) is 23.6 Å². The average Bonchev–Trinajstić information content (AvgIpc) is 3.18. The van der Waals surface area contributed by atoms with Crippen LogP contribution in [0.25, 0.3) is 16.5 Å². The molecule has 2 aromatic carbocycles. The number of amides is 2. The van der Waals surface area contributed by atoms with E-state index in [4.69, 9.17) is 0 Å². The molecule has 0 radical (unpaired) electrons. The summed E-state index contributed by atoms with van der Waals surface area (Å²) in [5, 5.41) is 4.08. The highest BCUT2D eigenvalue weighted by atomic mass is 16.5. The van der Waals surface area contributed by atoms with Gasteiger partial charge in [-0.2, -0.15) is 0 Å². The number of carbonyl (C=O) groups excluding carboxylic acids is 2. The summed E-state index contributed by atoms with van der Waals surface area (Å²) in [7, 11) is 1.34. The molecule has 2 heterocycles. The molecule has 0 spiro atoms. The average molecular weight is 375 g/mol. The topological polar surface area (TPSA) is 74.4 Å². The number of ether oxygens (including phenoxy) is 1. The Morgan fingerprint density at radius 3 is 2.61 bits per heavy atom. The first kappa shape index (κ1) is 17.9. The Bertz CT molecular complexity index is 1050. The lowest BCUT2D eigenvalue weighted by molar-refractivity contribution is 0.0600. The molecule has 2 N–H and O–H groups in total. The van der Waals surface area contributed by atoms with Crippen molar-refractivity contribution in [3.63, 3.8) is 0 Å². The van der Waals surface area contributed by atoms with Gasteiger partial charge in [0.1, 0.15) is 0 Å². The van der Waals surface area contributed by atoms with Gasteiger partial charge in [0, 0.05) is 41.4 Å². The molecule has 142 valence electrons. The summed E-state index contributed by atoms with van der Waals surface area (Å²) in [6, 6.07) is 14.7. The van der Waals surface area contributed by atoms with Crippen molar-refractivity contribution in [2.75, 3.05) is 25.5 Å². The number of aromatic amines is 1. The van der Waals surface area contributed by atoms with Crippen LogP contribution in [0.3, 0.4) is 0 Å². The van der Waals surface area contributed by atoms with Gasteiger partial charge in [-0.05, 0) is 42.3 Å². The largest absolute Gasteiger partial charge is 0.465 e. The Hall–Kier alpha value is -3.54. The van der Waals surface area contributed by atoms with Crippen molar-refractivity contribution in [3.05, 3.63) is 71.9 Å². The molecular formula is C22H21N3O3. The minimum Gasteiger partial charge on any atom is -0.465 e. The Kier molecular flexibility index (Phi) is 4.85. The molecule has 28 heavy (non-hydrogen) atoms. The summed E-state index contributed by atoms with van der Waals surface area (Å²) in [6.45, 7) is 1.21. The first-order valence-corrected chi connectivity index (χ1v) is 9.15. The molecule has 6 heteroatoms. The van der Waals surface area contributed by atoms with E-state index >= 15 is 0 Å². The third-order valence-corrected chi connectivity index (χ3v) is 4.99. The van der Waals surface area contributed by atoms with E-state index in [2.05, 4.69) is 33.2 Å². The van der Waals surface area contributed by atoms with Crippen molar-refractivity contribution in [1.82, 2.24) is 9.88 Å². The Labute approximate surface area is 162 Å². The predicted molar refractivity (Wildman–Crippen MR) is 109 cm³/mol. The van der Waals surface area contributed by atoms with Gasteiger partial charge in [-0.15, -0.1) is 0 Å². The van der Waals surface area contributed by atoms with Gasteiger partial charge >= 0.3 is 12.0 Å². The van der Waals surface area contributed by atoms with Crippen molar-refractivity contribution in [3.8, 4) is 0 Å². The zero-order chi connectivity index (χ0) is 19.5. The van der Waals surface area contributed by atoms with Gasteiger partial charge in [0.15, 0.2) is 0 Å². The highest BCUT2D eigenvalue weighted by Crippen LogP contribution is 2.29. The Balaban J connectivity index is 1.41. The number of hydrogen-bond donors (Lipinski definition) is 2. The maximum absolute atomic E-state index is 12.5. The number of hydrogen-bond acceptors (Lipinski definition) is 3. The molecule has 4 rings (SSSR count). The molecule has 2 amide bonds. The number of anilines is 1. The highest BCUT2D eigenvalue weighted by molar-refractivity contribution is 5.94. The zero-order valence-corrected chi connectivity index (χ0v) is 15.6. The van der Waals surface area contributed by atoms with Gasteiger partial charge in [0.05, 0.1) is 12.7 Å². The van der Waals surface area contributed by atoms with Gasteiger partial charge in [-0.1, -0.05) is 24.3 Å². The van der Waals surface area contributed by atoms with Crippen molar-refractivity contribution in [1.29, 1.82) is 0 Å². The van der Waals surface area contributed by atoms with Gasteiger partial charge < -0.3 is 19.9 Å². The first-order chi connectivity index (χ1) is 13.7. The van der Waals surface area contributed by atoms with Crippen LogP contribution >= 0.6 is 0 Å². The zero-order valence-electron chi connectivity index (χ0n) is 15.6. The Morgan fingerprint density at radius 2 is 1.89 bits per heavy atom. The minimum atomic E-state index is -0.399. The molecule has 1 aromatic heterocycles. The van der Waals surface area contributed by atoms with Crippen LogP contribution in [-0.2, 0) is 4.74 Å². The standard InChI is InChI=1S/C22H21N3O3/c1-28-21(26)16-6-8-17(9-7-16)24-22(27)25-12-10-15(11-13-25)19-14-23-20-5-3-2-4-18(19)20/h2-10,14,23H,11-13H2,1H3,(H,24,27). The second-order valence-corrected chi connectivity index (χ2v) is 6.67. The van der Waals surface area contributed by atoms with Gasteiger partial charge in [0.25, 0.3) is 0 Å². The number of rotatable bonds is 3. The smallest absolute Gasteiger partial charge is 0.337 e. The number of para-hydroxylation sites is 1. The molecule has 0 unspecified atom stereocenters. The summed E-state index contributed by atoms with van der Waals surface area (Å²) in [5.41, 5.74) is 4.67. The first-order valence-electron chi connectivity index (χ1n) is 9.15. The molecule has 0 fully saturated rings. The van der Waals surface area contributed by atoms with Crippen LogP contribution in [0.15, 0.2) is 60.8 Å². The summed E-state index contributed by atoms with van der Waals surface area (Å²) in [5.74, 6) is -0.399. The normalized spacial score (nSPS) is 13.9. The lowest BCUT2D eigenvalue weighted by Crippen LogP contribution is -2.37. The fourth-order valence-electron chi connectivity index (χ4n) is 3.45. The van der Waals surface area contributed by atoms with E-state index in [9.17, 15) is 9.59 Å². The van der Waals surface area contributed by atoms with Crippen LogP contribution < -0.4 is 5.32 Å². The second-order valence-electron chi connectivity index (χ2n) is 6.67. The van der Waals surface area contributed by atoms with E-state index in [0.717, 1.165) is 11.9 Å². The molecule has 6 nitrogen and oxygen atoms in total. The summed E-state index contributed by atoms with van der Waals surface area (Å²) >= 11 is 0. The fourth-order valence-corrected chi connectivity index (χ4v) is 3.45. The summed E-state index contributed by atoms with van der Waals surface area (Å²) < 4.78 is 4.68. The van der Waals surface area contributed by atoms with Gasteiger partial charge in [0.2, 0.25) is 0 Å². The van der Waals surface area contributed by atoms with E-state index in [-0.39, 0.29) is 6.03 Å². The number of carbonyl (C=O) groups is 2. The molecule has 0 atom stereocenters. The maximum atomic E-state index is 12.5. The number of urea groups is 1. The van der Waals surface area contributed by atoms with Crippen molar-refractivity contribution in [2.24, 2.45) is 0 Å². The van der Waals surface area contributed by atoms with Crippen molar-refractivity contribution >= 4 is 34.2 Å². The van der Waals surface area contributed by atoms with E-state index in [1.54, 1.807) is 29.2 Å². The second kappa shape index (κ2) is 7.60. The van der Waals surface area contributed by atoms with Crippen LogP contribution in [0.2, 0.25) is 0 Å². The molecule has 1 aliphatic heterocycles. The quantitative estimate of drug-likeness (QED) is 0.671. The number of methoxy groups -OCH3 is 1. The van der Waals surface area contributed by atoms with Crippen LogP contribution in [0.4, 0.5) is 10.5 Å².